The van der Waals surface area contributed by atoms with Gasteiger partial charge in [0.05, 0.1) is 3.79 Å². The second-order valence-corrected chi connectivity index (χ2v) is 7.73. The molecule has 1 N–H and O–H groups in total. The first-order valence-corrected chi connectivity index (χ1v) is 8.28. The SMILES string of the molecule is CC(C)CC(NCc1ccc(Br)s1)c1ccccc1. The standard InChI is InChI=1S/C16H20BrNS/c1-12(2)10-15(13-6-4-3-5-7-13)18-11-14-8-9-16(17)19-14/h3-9,12,15,18H,10-11H2,1-2H3. The molecule has 0 saturated heterocycles. The molecule has 1 unspecified atom stereocenters. The lowest BCUT2D eigenvalue weighted by Crippen LogP contribution is -2.22. The van der Waals surface area contributed by atoms with Crippen molar-refractivity contribution in [2.75, 3.05) is 0 Å². The van der Waals surface area contributed by atoms with E-state index in [0.29, 0.717) is 12.0 Å². The molecule has 0 saturated carbocycles. The van der Waals surface area contributed by atoms with Crippen molar-refractivity contribution >= 4 is 27.3 Å². The molecule has 0 bridgehead atoms. The van der Waals surface area contributed by atoms with Crippen LogP contribution in [0.15, 0.2) is 46.3 Å². The van der Waals surface area contributed by atoms with Crippen molar-refractivity contribution in [3.05, 3.63) is 56.7 Å². The van der Waals surface area contributed by atoms with Gasteiger partial charge in [0.1, 0.15) is 0 Å². The molecular formula is C16H20BrNS. The highest BCUT2D eigenvalue weighted by Crippen LogP contribution is 2.25. The van der Waals surface area contributed by atoms with E-state index in [4.69, 9.17) is 0 Å². The lowest BCUT2D eigenvalue weighted by Gasteiger charge is -2.21. The normalized spacial score (nSPS) is 12.8. The summed E-state index contributed by atoms with van der Waals surface area (Å²) in [4.78, 5) is 1.37. The van der Waals surface area contributed by atoms with E-state index in [1.54, 1.807) is 11.3 Å². The van der Waals surface area contributed by atoms with Crippen molar-refractivity contribution in [3.63, 3.8) is 0 Å². The van der Waals surface area contributed by atoms with Crippen LogP contribution in [-0.2, 0) is 6.54 Å². The van der Waals surface area contributed by atoms with E-state index in [2.05, 4.69) is 77.6 Å². The molecule has 1 heterocycles. The molecule has 1 aromatic heterocycles. The Morgan fingerprint density at radius 3 is 2.42 bits per heavy atom. The summed E-state index contributed by atoms with van der Waals surface area (Å²) in [5, 5.41) is 3.69. The average molecular weight is 338 g/mol. The van der Waals surface area contributed by atoms with E-state index < -0.39 is 0 Å². The van der Waals surface area contributed by atoms with Gasteiger partial charge in [-0.05, 0) is 46.0 Å². The molecule has 0 fully saturated rings. The minimum Gasteiger partial charge on any atom is -0.305 e. The second kappa shape index (κ2) is 7.22. The first-order valence-electron chi connectivity index (χ1n) is 6.67. The number of thiophene rings is 1. The van der Waals surface area contributed by atoms with Crippen LogP contribution in [0, 0.1) is 5.92 Å². The lowest BCUT2D eigenvalue weighted by molar-refractivity contribution is 0.430. The van der Waals surface area contributed by atoms with Gasteiger partial charge in [0.15, 0.2) is 0 Å². The highest BCUT2D eigenvalue weighted by atomic mass is 79.9. The third kappa shape index (κ3) is 4.75. The largest absolute Gasteiger partial charge is 0.305 e. The van der Waals surface area contributed by atoms with E-state index in [1.807, 2.05) is 0 Å². The molecule has 3 heteroatoms. The third-order valence-corrected chi connectivity index (χ3v) is 4.68. The maximum Gasteiger partial charge on any atom is 0.0701 e. The molecule has 2 rings (SSSR count). The van der Waals surface area contributed by atoms with Crippen LogP contribution >= 0.6 is 27.3 Å². The van der Waals surface area contributed by atoms with Crippen molar-refractivity contribution in [2.45, 2.75) is 32.9 Å². The van der Waals surface area contributed by atoms with Crippen LogP contribution in [0.1, 0.15) is 36.8 Å². The van der Waals surface area contributed by atoms with Crippen molar-refractivity contribution in [1.29, 1.82) is 0 Å². The quantitative estimate of drug-likeness (QED) is 0.745. The fraction of sp³-hybridized carbons (Fsp3) is 0.375. The van der Waals surface area contributed by atoms with Crippen molar-refractivity contribution in [3.8, 4) is 0 Å². The fourth-order valence-electron chi connectivity index (χ4n) is 2.16. The van der Waals surface area contributed by atoms with Gasteiger partial charge < -0.3 is 5.32 Å². The number of benzene rings is 1. The molecule has 1 atom stereocenters. The summed E-state index contributed by atoms with van der Waals surface area (Å²) in [5.41, 5.74) is 1.38. The molecule has 0 aliphatic heterocycles. The van der Waals surface area contributed by atoms with Gasteiger partial charge in [-0.25, -0.2) is 0 Å². The zero-order chi connectivity index (χ0) is 13.7. The van der Waals surface area contributed by atoms with E-state index in [-0.39, 0.29) is 0 Å². The molecule has 2 aromatic rings. The van der Waals surface area contributed by atoms with Gasteiger partial charge in [0.25, 0.3) is 0 Å². The fourth-order valence-corrected chi connectivity index (χ4v) is 3.60. The number of nitrogens with one attached hydrogen (secondary N) is 1. The molecular weight excluding hydrogens is 318 g/mol. The topological polar surface area (TPSA) is 12.0 Å². The number of rotatable bonds is 6. The van der Waals surface area contributed by atoms with Gasteiger partial charge in [0.2, 0.25) is 0 Å². The van der Waals surface area contributed by atoms with Gasteiger partial charge in [-0.2, -0.15) is 0 Å². The molecule has 1 aromatic carbocycles. The number of halogens is 1. The predicted molar refractivity (Wildman–Crippen MR) is 87.5 cm³/mol. The summed E-state index contributed by atoms with van der Waals surface area (Å²) < 4.78 is 1.20. The zero-order valence-corrected chi connectivity index (χ0v) is 13.8. The van der Waals surface area contributed by atoms with Gasteiger partial charge >= 0.3 is 0 Å². The van der Waals surface area contributed by atoms with Gasteiger partial charge in [-0.15, -0.1) is 11.3 Å². The summed E-state index contributed by atoms with van der Waals surface area (Å²) in [6, 6.07) is 15.5. The third-order valence-electron chi connectivity index (χ3n) is 3.06. The van der Waals surface area contributed by atoms with E-state index >= 15 is 0 Å². The summed E-state index contributed by atoms with van der Waals surface area (Å²) in [6.45, 7) is 5.49. The van der Waals surface area contributed by atoms with Crippen LogP contribution in [-0.4, -0.2) is 0 Å². The lowest BCUT2D eigenvalue weighted by atomic mass is 9.97. The molecule has 19 heavy (non-hydrogen) atoms. The van der Waals surface area contributed by atoms with Crippen LogP contribution in [0.25, 0.3) is 0 Å². The van der Waals surface area contributed by atoms with Crippen molar-refractivity contribution in [2.24, 2.45) is 5.92 Å². The zero-order valence-electron chi connectivity index (χ0n) is 11.4. The Hall–Kier alpha value is -0.640. The van der Waals surface area contributed by atoms with Gasteiger partial charge in [-0.1, -0.05) is 44.2 Å². The predicted octanol–water partition coefficient (Wildman–Crippen LogP) is 5.39. The molecule has 0 radical (unpaired) electrons. The smallest absolute Gasteiger partial charge is 0.0701 e. The second-order valence-electron chi connectivity index (χ2n) is 5.18. The maximum atomic E-state index is 3.69. The Kier molecular flexibility index (Phi) is 5.61. The molecule has 0 aliphatic carbocycles. The number of hydrogen-bond donors (Lipinski definition) is 1. The monoisotopic (exact) mass is 337 g/mol. The maximum absolute atomic E-state index is 3.69. The van der Waals surface area contributed by atoms with Crippen LogP contribution in [0.5, 0.6) is 0 Å². The van der Waals surface area contributed by atoms with Crippen LogP contribution in [0.2, 0.25) is 0 Å². The molecule has 0 amide bonds. The Morgan fingerprint density at radius 2 is 1.84 bits per heavy atom. The molecule has 102 valence electrons. The Bertz CT molecular complexity index is 492. The summed E-state index contributed by atoms with van der Waals surface area (Å²) in [5.74, 6) is 0.688. The van der Waals surface area contributed by atoms with Crippen molar-refractivity contribution < 1.29 is 0 Å². The van der Waals surface area contributed by atoms with E-state index in [9.17, 15) is 0 Å². The van der Waals surface area contributed by atoms with E-state index in [1.165, 1.54) is 14.2 Å². The van der Waals surface area contributed by atoms with Crippen LogP contribution in [0.4, 0.5) is 0 Å². The first kappa shape index (κ1) is 14.8. The number of hydrogen-bond acceptors (Lipinski definition) is 2. The molecule has 0 spiro atoms. The van der Waals surface area contributed by atoms with Gasteiger partial charge in [0, 0.05) is 17.5 Å². The minimum absolute atomic E-state index is 0.432. The van der Waals surface area contributed by atoms with E-state index in [0.717, 1.165) is 13.0 Å². The van der Waals surface area contributed by atoms with Crippen LogP contribution < -0.4 is 5.32 Å². The Morgan fingerprint density at radius 1 is 1.11 bits per heavy atom. The summed E-state index contributed by atoms with van der Waals surface area (Å²) in [7, 11) is 0. The molecule has 0 aliphatic rings. The molecule has 1 nitrogen and oxygen atoms in total. The first-order chi connectivity index (χ1) is 9.15. The Labute approximate surface area is 128 Å². The Balaban J connectivity index is 2.02. The van der Waals surface area contributed by atoms with Crippen molar-refractivity contribution in [1.82, 2.24) is 5.32 Å². The minimum atomic E-state index is 0.432. The van der Waals surface area contributed by atoms with Crippen LogP contribution in [0.3, 0.4) is 0 Å². The highest BCUT2D eigenvalue weighted by Gasteiger charge is 2.12. The summed E-state index contributed by atoms with van der Waals surface area (Å²) in [6.07, 6.45) is 1.16. The average Bonchev–Trinajstić information content (AvgIpc) is 2.81. The highest BCUT2D eigenvalue weighted by molar-refractivity contribution is 9.11. The van der Waals surface area contributed by atoms with Gasteiger partial charge in [-0.3, -0.25) is 0 Å². The summed E-state index contributed by atoms with van der Waals surface area (Å²) >= 11 is 5.31.